The van der Waals surface area contributed by atoms with E-state index >= 15 is 0 Å². The van der Waals surface area contributed by atoms with Gasteiger partial charge in [0.15, 0.2) is 0 Å². The average molecular weight is 418 g/mol. The van der Waals surface area contributed by atoms with Crippen LogP contribution in [0.25, 0.3) is 5.57 Å². The van der Waals surface area contributed by atoms with Crippen molar-refractivity contribution in [1.29, 1.82) is 0 Å². The lowest BCUT2D eigenvalue weighted by molar-refractivity contribution is -0.384. The van der Waals surface area contributed by atoms with Gasteiger partial charge in [0.1, 0.15) is 5.82 Å². The zero-order valence-electron chi connectivity index (χ0n) is 17.5. The van der Waals surface area contributed by atoms with Gasteiger partial charge in [-0.15, -0.1) is 0 Å². The number of allylic oxidation sites excluding steroid dienone is 7. The van der Waals surface area contributed by atoms with Crippen LogP contribution in [0.4, 0.5) is 11.5 Å². The quantitative estimate of drug-likeness (QED) is 0.453. The summed E-state index contributed by atoms with van der Waals surface area (Å²) in [6, 6.07) is 6.37. The van der Waals surface area contributed by atoms with E-state index in [4.69, 9.17) is 9.84 Å². The normalized spacial score (nSPS) is 17.5. The van der Waals surface area contributed by atoms with Crippen LogP contribution in [0.5, 0.6) is 0 Å². The first-order chi connectivity index (χ1) is 14.9. The van der Waals surface area contributed by atoms with E-state index in [1.807, 2.05) is 37.4 Å². The highest BCUT2D eigenvalue weighted by atomic mass is 16.6. The molecule has 1 N–H and O–H groups in total. The molecule has 2 aliphatic rings. The summed E-state index contributed by atoms with van der Waals surface area (Å²) in [6.07, 6.45) is 10.6. The molecule has 1 aromatic heterocycles. The van der Waals surface area contributed by atoms with Gasteiger partial charge in [0.25, 0.3) is 5.69 Å². The molecule has 1 aliphatic carbocycles. The summed E-state index contributed by atoms with van der Waals surface area (Å²) < 4.78 is 6.82. The molecule has 1 unspecified atom stereocenters. The van der Waals surface area contributed by atoms with Crippen molar-refractivity contribution in [3.63, 3.8) is 0 Å². The van der Waals surface area contributed by atoms with Crippen molar-refractivity contribution in [2.24, 2.45) is 7.05 Å². The summed E-state index contributed by atoms with van der Waals surface area (Å²) in [5.74, 6) is -0.309. The second-order valence-corrected chi connectivity index (χ2v) is 7.38. The van der Waals surface area contributed by atoms with E-state index < -0.39 is 16.8 Å². The van der Waals surface area contributed by atoms with Gasteiger partial charge < -0.3 is 10.1 Å². The first-order valence-electron chi connectivity index (χ1n) is 9.82. The van der Waals surface area contributed by atoms with Crippen molar-refractivity contribution in [3.8, 4) is 0 Å². The SMILES string of the molecule is COC(=O)C1=C(C)Nc2c(c(C3=CC=CC=CC3)nn2C)C1c1cccc([N+](=O)[O-])c1. The number of nitro groups is 1. The van der Waals surface area contributed by atoms with Crippen LogP contribution in [0.15, 0.2) is 65.9 Å². The maximum Gasteiger partial charge on any atom is 0.336 e. The third kappa shape index (κ3) is 3.56. The number of fused-ring (bicyclic) bond motifs is 1. The highest BCUT2D eigenvalue weighted by molar-refractivity contribution is 5.95. The molecule has 2 heterocycles. The van der Waals surface area contributed by atoms with E-state index in [-0.39, 0.29) is 5.69 Å². The Kier molecular flexibility index (Phi) is 5.29. The lowest BCUT2D eigenvalue weighted by Gasteiger charge is -2.28. The number of aromatic nitrogens is 2. The summed E-state index contributed by atoms with van der Waals surface area (Å²) in [7, 11) is 3.16. The summed E-state index contributed by atoms with van der Waals surface area (Å²) in [5, 5.41) is 19.5. The fourth-order valence-electron chi connectivity index (χ4n) is 4.09. The number of anilines is 1. The molecular formula is C23H22N4O4. The number of benzene rings is 1. The molecule has 0 amide bonds. The number of nitro benzene ring substituents is 1. The predicted molar refractivity (Wildman–Crippen MR) is 117 cm³/mol. The van der Waals surface area contributed by atoms with Crippen molar-refractivity contribution >= 4 is 23.0 Å². The van der Waals surface area contributed by atoms with Gasteiger partial charge in [-0.1, -0.05) is 42.5 Å². The number of carbonyl (C=O) groups excluding carboxylic acids is 1. The van der Waals surface area contributed by atoms with Gasteiger partial charge in [-0.2, -0.15) is 5.10 Å². The third-order valence-corrected chi connectivity index (χ3v) is 5.49. The molecule has 8 nitrogen and oxygen atoms in total. The van der Waals surface area contributed by atoms with Gasteiger partial charge in [-0.3, -0.25) is 14.8 Å². The molecule has 2 aromatic rings. The number of esters is 1. The number of methoxy groups -OCH3 is 1. The van der Waals surface area contributed by atoms with Crippen LogP contribution in [0, 0.1) is 10.1 Å². The van der Waals surface area contributed by atoms with Gasteiger partial charge in [-0.25, -0.2) is 4.79 Å². The Bertz CT molecular complexity index is 1200. The fourth-order valence-corrected chi connectivity index (χ4v) is 4.09. The monoisotopic (exact) mass is 418 g/mol. The molecular weight excluding hydrogens is 396 g/mol. The lowest BCUT2D eigenvalue weighted by Crippen LogP contribution is -2.24. The minimum Gasteiger partial charge on any atom is -0.466 e. The minimum absolute atomic E-state index is 0.0376. The standard InChI is InChI=1S/C23H22N4O4/c1-14-18(23(28)31-3)19(16-11-8-12-17(13-16)27(29)30)20-21(25-26(2)22(20)24-14)15-9-6-4-5-7-10-15/h4-9,11-13,19,24H,10H2,1-3H3. The van der Waals surface area contributed by atoms with E-state index in [9.17, 15) is 14.9 Å². The van der Waals surface area contributed by atoms with Crippen LogP contribution in [-0.4, -0.2) is 27.8 Å². The Morgan fingerprint density at radius 2 is 2.13 bits per heavy atom. The van der Waals surface area contributed by atoms with Gasteiger partial charge >= 0.3 is 5.97 Å². The zero-order valence-corrected chi connectivity index (χ0v) is 17.5. The van der Waals surface area contributed by atoms with E-state index in [1.54, 1.807) is 23.7 Å². The number of rotatable bonds is 4. The Labute approximate surface area is 179 Å². The van der Waals surface area contributed by atoms with Crippen LogP contribution in [0.2, 0.25) is 0 Å². The maximum absolute atomic E-state index is 12.8. The number of hydrogen-bond acceptors (Lipinski definition) is 6. The van der Waals surface area contributed by atoms with Crippen LogP contribution in [0.3, 0.4) is 0 Å². The van der Waals surface area contributed by atoms with Gasteiger partial charge in [0, 0.05) is 36.4 Å². The molecule has 0 fully saturated rings. The van der Waals surface area contributed by atoms with Crippen molar-refractivity contribution < 1.29 is 14.5 Å². The molecule has 0 saturated carbocycles. The van der Waals surface area contributed by atoms with Crippen molar-refractivity contribution in [2.75, 3.05) is 12.4 Å². The highest BCUT2D eigenvalue weighted by Gasteiger charge is 2.38. The summed E-state index contributed by atoms with van der Waals surface area (Å²) in [5.41, 5.74) is 4.15. The molecule has 158 valence electrons. The molecule has 1 aromatic carbocycles. The van der Waals surface area contributed by atoms with E-state index in [2.05, 4.69) is 5.32 Å². The molecule has 0 saturated heterocycles. The number of nitrogens with zero attached hydrogens (tertiary/aromatic N) is 3. The molecule has 0 spiro atoms. The third-order valence-electron chi connectivity index (χ3n) is 5.49. The van der Waals surface area contributed by atoms with Gasteiger partial charge in [-0.05, 0) is 24.5 Å². The second kappa shape index (κ2) is 8.06. The summed E-state index contributed by atoms with van der Waals surface area (Å²) in [6.45, 7) is 1.79. The fraction of sp³-hybridized carbons (Fsp3) is 0.217. The van der Waals surface area contributed by atoms with E-state index in [0.29, 0.717) is 23.3 Å². The van der Waals surface area contributed by atoms with Crippen LogP contribution < -0.4 is 5.32 Å². The van der Waals surface area contributed by atoms with E-state index in [0.717, 1.165) is 22.6 Å². The Hall–Kier alpha value is -3.94. The van der Waals surface area contributed by atoms with Crippen LogP contribution >= 0.6 is 0 Å². The second-order valence-electron chi connectivity index (χ2n) is 7.38. The van der Waals surface area contributed by atoms with Crippen molar-refractivity contribution in [1.82, 2.24) is 9.78 Å². The average Bonchev–Trinajstić information content (AvgIpc) is 2.94. The summed E-state index contributed by atoms with van der Waals surface area (Å²) >= 11 is 0. The van der Waals surface area contributed by atoms with Gasteiger partial charge in [0.2, 0.25) is 0 Å². The smallest absolute Gasteiger partial charge is 0.336 e. The van der Waals surface area contributed by atoms with Gasteiger partial charge in [0.05, 0.1) is 23.3 Å². The van der Waals surface area contributed by atoms with E-state index in [1.165, 1.54) is 19.2 Å². The Morgan fingerprint density at radius 3 is 2.87 bits per heavy atom. The number of carbonyl (C=O) groups is 1. The van der Waals surface area contributed by atoms with Crippen molar-refractivity contribution in [2.45, 2.75) is 19.3 Å². The molecule has 4 rings (SSSR count). The first kappa shape index (κ1) is 20.3. The maximum atomic E-state index is 12.8. The largest absolute Gasteiger partial charge is 0.466 e. The molecule has 1 aliphatic heterocycles. The minimum atomic E-state index is -0.565. The summed E-state index contributed by atoms with van der Waals surface area (Å²) in [4.78, 5) is 23.8. The van der Waals surface area contributed by atoms with Crippen LogP contribution in [0.1, 0.15) is 36.1 Å². The predicted octanol–water partition coefficient (Wildman–Crippen LogP) is 4.23. The number of hydrogen-bond donors (Lipinski definition) is 1. The lowest BCUT2D eigenvalue weighted by atomic mass is 9.80. The number of non-ortho nitro benzene ring substituents is 1. The first-order valence-corrected chi connectivity index (χ1v) is 9.82. The molecule has 8 heteroatoms. The number of aryl methyl sites for hydroxylation is 1. The Balaban J connectivity index is 1.99. The molecule has 31 heavy (non-hydrogen) atoms. The van der Waals surface area contributed by atoms with Crippen molar-refractivity contribution in [3.05, 3.63) is 92.9 Å². The molecule has 1 atom stereocenters. The Morgan fingerprint density at radius 1 is 1.32 bits per heavy atom. The zero-order chi connectivity index (χ0) is 22.1. The topological polar surface area (TPSA) is 99.3 Å². The van der Waals surface area contributed by atoms with Crippen LogP contribution in [-0.2, 0) is 16.6 Å². The molecule has 0 bridgehead atoms. The highest BCUT2D eigenvalue weighted by Crippen LogP contribution is 2.46. The number of nitrogens with one attached hydrogen (secondary N) is 1. The number of ether oxygens (including phenoxy) is 1. The molecule has 0 radical (unpaired) electrons.